The molecular weight excluding hydrogens is 451 g/mol. The molecule has 0 bridgehead atoms. The first kappa shape index (κ1) is 24.8. The van der Waals surface area contributed by atoms with Gasteiger partial charge in [-0.05, 0) is 48.4 Å². The Morgan fingerprint density at radius 3 is 2.35 bits per heavy atom. The number of carboxylic acids is 1. The molecule has 0 saturated heterocycles. The van der Waals surface area contributed by atoms with Gasteiger partial charge in [-0.2, -0.15) is 18.3 Å². The SMILES string of the molecule is CCC[C@H](Oc1ccc(-n2cc(C(F)(F)F)cn2)cc1)c1ccc(C(=O)NCCC(=O)O)cc1. The summed E-state index contributed by atoms with van der Waals surface area (Å²) >= 11 is 0. The number of hydrogen-bond donors (Lipinski definition) is 2. The van der Waals surface area contributed by atoms with Crippen LogP contribution in [0.5, 0.6) is 5.75 Å². The number of ether oxygens (including phenoxy) is 1. The van der Waals surface area contributed by atoms with Gasteiger partial charge in [-0.25, -0.2) is 4.68 Å². The highest BCUT2D eigenvalue weighted by atomic mass is 19.4. The van der Waals surface area contributed by atoms with Crippen LogP contribution in [0, 0.1) is 0 Å². The van der Waals surface area contributed by atoms with E-state index in [4.69, 9.17) is 9.84 Å². The Morgan fingerprint density at radius 1 is 1.12 bits per heavy atom. The van der Waals surface area contributed by atoms with Crippen molar-refractivity contribution in [3.05, 3.63) is 77.6 Å². The first-order valence-electron chi connectivity index (χ1n) is 10.7. The molecule has 1 heterocycles. The summed E-state index contributed by atoms with van der Waals surface area (Å²) < 4.78 is 45.6. The molecule has 2 N–H and O–H groups in total. The lowest BCUT2D eigenvalue weighted by molar-refractivity contribution is -0.138. The van der Waals surface area contributed by atoms with Crippen molar-refractivity contribution < 1.29 is 32.6 Å². The molecule has 0 aliphatic carbocycles. The number of carboxylic acid groups (broad SMARTS) is 1. The minimum atomic E-state index is -4.45. The van der Waals surface area contributed by atoms with Crippen LogP contribution >= 0.6 is 0 Å². The zero-order valence-corrected chi connectivity index (χ0v) is 18.4. The van der Waals surface area contributed by atoms with Crippen molar-refractivity contribution in [2.75, 3.05) is 6.54 Å². The number of alkyl halides is 3. The average molecular weight is 475 g/mol. The monoisotopic (exact) mass is 475 g/mol. The lowest BCUT2D eigenvalue weighted by Crippen LogP contribution is -2.26. The van der Waals surface area contributed by atoms with Gasteiger partial charge in [-0.1, -0.05) is 25.5 Å². The fourth-order valence-electron chi connectivity index (χ4n) is 3.24. The number of halogens is 3. The van der Waals surface area contributed by atoms with Crippen molar-refractivity contribution in [1.29, 1.82) is 0 Å². The van der Waals surface area contributed by atoms with Gasteiger partial charge >= 0.3 is 12.1 Å². The molecule has 1 aromatic heterocycles. The van der Waals surface area contributed by atoms with Crippen LogP contribution in [0.4, 0.5) is 13.2 Å². The van der Waals surface area contributed by atoms with Gasteiger partial charge in [0.05, 0.1) is 23.9 Å². The highest BCUT2D eigenvalue weighted by molar-refractivity contribution is 5.94. The van der Waals surface area contributed by atoms with Crippen LogP contribution in [0.2, 0.25) is 0 Å². The molecule has 2 aromatic carbocycles. The minimum absolute atomic E-state index is 0.0452. The summed E-state index contributed by atoms with van der Waals surface area (Å²) in [6.07, 6.45) is -1.65. The maximum absolute atomic E-state index is 12.8. The summed E-state index contributed by atoms with van der Waals surface area (Å²) in [6.45, 7) is 2.06. The molecule has 3 aromatic rings. The van der Waals surface area contributed by atoms with Crippen LogP contribution in [-0.4, -0.2) is 33.3 Å². The van der Waals surface area contributed by atoms with Crippen LogP contribution < -0.4 is 10.1 Å². The van der Waals surface area contributed by atoms with Gasteiger partial charge in [0.25, 0.3) is 5.91 Å². The van der Waals surface area contributed by atoms with Crippen LogP contribution in [-0.2, 0) is 11.0 Å². The predicted octanol–water partition coefficient (Wildman–Crippen LogP) is 5.02. The quantitative estimate of drug-likeness (QED) is 0.430. The molecule has 10 heteroatoms. The predicted molar refractivity (Wildman–Crippen MR) is 118 cm³/mol. The third-order valence-electron chi connectivity index (χ3n) is 5.01. The van der Waals surface area contributed by atoms with Crippen molar-refractivity contribution in [2.24, 2.45) is 0 Å². The highest BCUT2D eigenvalue weighted by Gasteiger charge is 2.32. The number of nitrogens with zero attached hydrogens (tertiary/aromatic N) is 2. The lowest BCUT2D eigenvalue weighted by Gasteiger charge is -2.19. The molecule has 0 spiro atoms. The second kappa shape index (κ2) is 10.9. The molecule has 3 rings (SSSR count). The maximum Gasteiger partial charge on any atom is 0.419 e. The number of benzene rings is 2. The number of carbonyl (C=O) groups is 2. The van der Waals surface area contributed by atoms with Gasteiger partial charge in [0.1, 0.15) is 11.9 Å². The molecule has 1 atom stereocenters. The molecule has 0 unspecified atom stereocenters. The maximum atomic E-state index is 12.8. The van der Waals surface area contributed by atoms with Crippen molar-refractivity contribution in [1.82, 2.24) is 15.1 Å². The molecule has 1 amide bonds. The van der Waals surface area contributed by atoms with E-state index in [1.807, 2.05) is 6.92 Å². The van der Waals surface area contributed by atoms with Crippen LogP contribution in [0.25, 0.3) is 5.69 Å². The van der Waals surface area contributed by atoms with Crippen molar-refractivity contribution >= 4 is 11.9 Å². The molecule has 0 aliphatic heterocycles. The second-order valence-electron chi connectivity index (χ2n) is 7.58. The fraction of sp³-hybridized carbons (Fsp3) is 0.292. The number of aromatic nitrogens is 2. The van der Waals surface area contributed by atoms with Gasteiger partial charge in [-0.3, -0.25) is 9.59 Å². The number of carbonyl (C=O) groups excluding carboxylic acids is 1. The van der Waals surface area contributed by atoms with Crippen LogP contribution in [0.3, 0.4) is 0 Å². The molecular formula is C24H24F3N3O4. The summed E-state index contributed by atoms with van der Waals surface area (Å²) in [5.41, 5.74) is 0.907. The summed E-state index contributed by atoms with van der Waals surface area (Å²) in [6, 6.07) is 13.4. The summed E-state index contributed by atoms with van der Waals surface area (Å²) in [5.74, 6) is -0.802. The zero-order valence-electron chi connectivity index (χ0n) is 18.4. The van der Waals surface area contributed by atoms with E-state index >= 15 is 0 Å². The van der Waals surface area contributed by atoms with Gasteiger partial charge in [0.2, 0.25) is 0 Å². The minimum Gasteiger partial charge on any atom is -0.486 e. The summed E-state index contributed by atoms with van der Waals surface area (Å²) in [7, 11) is 0. The normalized spacial score (nSPS) is 12.2. The third-order valence-corrected chi connectivity index (χ3v) is 5.01. The molecule has 0 fully saturated rings. The Labute approximate surface area is 194 Å². The van der Waals surface area contributed by atoms with Gasteiger partial charge in [0.15, 0.2) is 0 Å². The number of rotatable bonds is 10. The second-order valence-corrected chi connectivity index (χ2v) is 7.58. The molecule has 180 valence electrons. The Balaban J connectivity index is 1.67. The number of amides is 1. The van der Waals surface area contributed by atoms with Crippen molar-refractivity contribution in [2.45, 2.75) is 38.5 Å². The Hall–Kier alpha value is -3.82. The molecule has 0 radical (unpaired) electrons. The smallest absolute Gasteiger partial charge is 0.419 e. The summed E-state index contributed by atoms with van der Waals surface area (Å²) in [5, 5.41) is 15.0. The van der Waals surface area contributed by atoms with E-state index in [2.05, 4.69) is 10.4 Å². The summed E-state index contributed by atoms with van der Waals surface area (Å²) in [4.78, 5) is 22.7. The Bertz CT molecular complexity index is 1110. The van der Waals surface area contributed by atoms with E-state index in [9.17, 15) is 22.8 Å². The van der Waals surface area contributed by atoms with Gasteiger partial charge in [0, 0.05) is 18.3 Å². The largest absolute Gasteiger partial charge is 0.486 e. The Kier molecular flexibility index (Phi) is 7.93. The van der Waals surface area contributed by atoms with Gasteiger partial charge < -0.3 is 15.2 Å². The van der Waals surface area contributed by atoms with E-state index in [0.717, 1.165) is 29.1 Å². The average Bonchev–Trinajstić information content (AvgIpc) is 3.30. The van der Waals surface area contributed by atoms with E-state index in [-0.39, 0.29) is 25.0 Å². The number of hydrogen-bond acceptors (Lipinski definition) is 4. The Morgan fingerprint density at radius 2 is 1.79 bits per heavy atom. The molecule has 34 heavy (non-hydrogen) atoms. The van der Waals surface area contributed by atoms with Crippen molar-refractivity contribution in [3.8, 4) is 11.4 Å². The van der Waals surface area contributed by atoms with Crippen LogP contribution in [0.15, 0.2) is 60.9 Å². The topological polar surface area (TPSA) is 93.5 Å². The van der Waals surface area contributed by atoms with E-state index in [0.29, 0.717) is 23.4 Å². The van der Waals surface area contributed by atoms with Crippen LogP contribution in [0.1, 0.15) is 53.8 Å². The standard InChI is InChI=1S/C24H24F3N3O4/c1-2-3-21(16-4-6-17(7-5-16)23(33)28-13-12-22(31)32)34-20-10-8-19(9-11-20)30-15-18(14-29-30)24(25,26)27/h4-11,14-15,21H,2-3,12-13H2,1H3,(H,28,33)(H,31,32)/t21-/m0/s1. The number of aliphatic carboxylic acids is 1. The first-order chi connectivity index (χ1) is 16.2. The fourth-order valence-corrected chi connectivity index (χ4v) is 3.24. The molecule has 0 saturated carbocycles. The van der Waals surface area contributed by atoms with E-state index in [1.165, 1.54) is 0 Å². The highest BCUT2D eigenvalue weighted by Crippen LogP contribution is 2.30. The molecule has 7 nitrogen and oxygen atoms in total. The van der Waals surface area contributed by atoms with E-state index in [1.54, 1.807) is 48.5 Å². The van der Waals surface area contributed by atoms with E-state index < -0.39 is 17.7 Å². The van der Waals surface area contributed by atoms with Gasteiger partial charge in [-0.15, -0.1) is 0 Å². The first-order valence-corrected chi connectivity index (χ1v) is 10.7. The molecule has 0 aliphatic rings. The zero-order chi connectivity index (χ0) is 24.7. The third kappa shape index (κ3) is 6.60. The lowest BCUT2D eigenvalue weighted by atomic mass is 10.0. The number of nitrogens with one attached hydrogen (secondary N) is 1. The van der Waals surface area contributed by atoms with Crippen molar-refractivity contribution in [3.63, 3.8) is 0 Å².